The number of hydrogen-bond donors (Lipinski definition) is 1. The van der Waals surface area contributed by atoms with Crippen molar-refractivity contribution >= 4 is 17.0 Å². The van der Waals surface area contributed by atoms with E-state index >= 15 is 0 Å². The van der Waals surface area contributed by atoms with Gasteiger partial charge in [0.15, 0.2) is 12.3 Å². The predicted molar refractivity (Wildman–Crippen MR) is 61.1 cm³/mol. The van der Waals surface area contributed by atoms with Crippen LogP contribution in [0.4, 0.5) is 0 Å². The molecule has 6 heteroatoms. The highest BCUT2D eigenvalue weighted by atomic mass is 16.5. The third-order valence-corrected chi connectivity index (χ3v) is 2.42. The molecule has 0 aliphatic heterocycles. The summed E-state index contributed by atoms with van der Waals surface area (Å²) in [6, 6.07) is 1.91. The molecule has 0 spiro atoms. The smallest absolute Gasteiger partial charge is 0.341 e. The molecule has 2 heterocycles. The largest absolute Gasteiger partial charge is 0.479 e. The Morgan fingerprint density at radius 3 is 2.88 bits per heavy atom. The highest BCUT2D eigenvalue weighted by Gasteiger charge is 2.15. The van der Waals surface area contributed by atoms with E-state index in [2.05, 4.69) is 10.1 Å². The minimum Gasteiger partial charge on any atom is -0.479 e. The minimum absolute atomic E-state index is 0.315. The molecule has 0 radical (unpaired) electrons. The van der Waals surface area contributed by atoms with Gasteiger partial charge in [-0.1, -0.05) is 0 Å². The summed E-state index contributed by atoms with van der Waals surface area (Å²) in [5, 5.41) is 13.5. The molecule has 0 fully saturated rings. The molecule has 2 aromatic heterocycles. The first-order chi connectivity index (χ1) is 7.99. The average Bonchev–Trinajstić information content (AvgIpc) is 2.53. The summed E-state index contributed by atoms with van der Waals surface area (Å²) < 4.78 is 6.74. The lowest BCUT2D eigenvalue weighted by Gasteiger charge is -2.01. The third-order valence-electron chi connectivity index (χ3n) is 2.42. The number of fused-ring (bicyclic) bond motifs is 1. The van der Waals surface area contributed by atoms with Crippen LogP contribution in [0.5, 0.6) is 5.88 Å². The van der Waals surface area contributed by atoms with Crippen LogP contribution >= 0.6 is 0 Å². The van der Waals surface area contributed by atoms with Gasteiger partial charge in [0.1, 0.15) is 0 Å². The molecule has 0 atom stereocenters. The lowest BCUT2D eigenvalue weighted by Crippen LogP contribution is -2.10. The minimum atomic E-state index is -1.03. The van der Waals surface area contributed by atoms with Gasteiger partial charge >= 0.3 is 5.97 Å². The van der Waals surface area contributed by atoms with Gasteiger partial charge in [-0.2, -0.15) is 0 Å². The second kappa shape index (κ2) is 4.04. The monoisotopic (exact) mass is 235 g/mol. The van der Waals surface area contributed by atoms with Crippen LogP contribution in [0.25, 0.3) is 11.0 Å². The molecule has 0 amide bonds. The summed E-state index contributed by atoms with van der Waals surface area (Å²) in [6.45, 7) is 3.42. The zero-order valence-electron chi connectivity index (χ0n) is 9.89. The molecule has 0 aromatic carbocycles. The van der Waals surface area contributed by atoms with Gasteiger partial charge < -0.3 is 9.84 Å². The second-order valence-electron chi connectivity index (χ2n) is 3.89. The van der Waals surface area contributed by atoms with Gasteiger partial charge in [-0.15, -0.1) is 5.10 Å². The van der Waals surface area contributed by atoms with E-state index in [1.165, 1.54) is 0 Å². The lowest BCUT2D eigenvalue weighted by molar-refractivity contribution is -0.139. The summed E-state index contributed by atoms with van der Waals surface area (Å²) in [6.07, 6.45) is 0. The molecule has 2 aromatic rings. The van der Waals surface area contributed by atoms with Crippen LogP contribution in [0.1, 0.15) is 11.3 Å². The normalized spacial score (nSPS) is 10.8. The molecule has 0 saturated carbocycles. The Balaban J connectivity index is 2.54. The quantitative estimate of drug-likeness (QED) is 0.860. The Hall–Kier alpha value is -2.11. The maximum absolute atomic E-state index is 10.5. The molecule has 0 aliphatic rings. The number of rotatable bonds is 3. The first-order valence-corrected chi connectivity index (χ1v) is 5.14. The lowest BCUT2D eigenvalue weighted by atomic mass is 10.2. The van der Waals surface area contributed by atoms with Crippen molar-refractivity contribution in [1.82, 2.24) is 14.8 Å². The van der Waals surface area contributed by atoms with Crippen LogP contribution in [-0.4, -0.2) is 32.4 Å². The van der Waals surface area contributed by atoms with Crippen molar-refractivity contribution in [2.75, 3.05) is 6.61 Å². The Kier molecular flexibility index (Phi) is 2.71. The van der Waals surface area contributed by atoms with E-state index in [1.54, 1.807) is 11.7 Å². The van der Waals surface area contributed by atoms with Crippen molar-refractivity contribution in [3.8, 4) is 5.88 Å². The fourth-order valence-electron chi connectivity index (χ4n) is 1.78. The summed E-state index contributed by atoms with van der Waals surface area (Å²) >= 11 is 0. The van der Waals surface area contributed by atoms with E-state index < -0.39 is 12.6 Å². The van der Waals surface area contributed by atoms with Crippen LogP contribution < -0.4 is 4.74 Å². The fraction of sp³-hybridized carbons (Fsp3) is 0.364. The number of carbonyl (C=O) groups is 1. The molecule has 6 nitrogen and oxygen atoms in total. The standard InChI is InChI=1S/C11H13N3O3/c1-6-4-7(2)12-10-9(6)11(13-14(10)3)17-5-8(15)16/h4H,5H2,1-3H3,(H,15,16). The number of aryl methyl sites for hydroxylation is 3. The number of carboxylic acid groups (broad SMARTS) is 1. The third kappa shape index (κ3) is 2.06. The molecule has 0 saturated heterocycles. The van der Waals surface area contributed by atoms with Crippen LogP contribution in [0.15, 0.2) is 6.07 Å². The molecule has 0 unspecified atom stereocenters. The van der Waals surface area contributed by atoms with E-state index in [0.717, 1.165) is 16.6 Å². The van der Waals surface area contributed by atoms with Crippen molar-refractivity contribution in [3.05, 3.63) is 17.3 Å². The van der Waals surface area contributed by atoms with Gasteiger partial charge in [0.25, 0.3) is 0 Å². The number of aromatic nitrogens is 3. The Morgan fingerprint density at radius 1 is 1.53 bits per heavy atom. The van der Waals surface area contributed by atoms with Gasteiger partial charge in [-0.05, 0) is 25.5 Å². The number of hydrogen-bond acceptors (Lipinski definition) is 4. The van der Waals surface area contributed by atoms with Crippen molar-refractivity contribution in [2.45, 2.75) is 13.8 Å². The number of nitrogens with zero attached hydrogens (tertiary/aromatic N) is 3. The van der Waals surface area contributed by atoms with Crippen molar-refractivity contribution < 1.29 is 14.6 Å². The average molecular weight is 235 g/mol. The highest BCUT2D eigenvalue weighted by molar-refractivity contribution is 5.85. The zero-order chi connectivity index (χ0) is 12.6. The first-order valence-electron chi connectivity index (χ1n) is 5.14. The number of pyridine rings is 1. The summed E-state index contributed by atoms with van der Waals surface area (Å²) in [7, 11) is 1.75. The van der Waals surface area contributed by atoms with E-state index in [1.807, 2.05) is 19.9 Å². The van der Waals surface area contributed by atoms with Crippen LogP contribution in [-0.2, 0) is 11.8 Å². The van der Waals surface area contributed by atoms with Gasteiger partial charge in [-0.25, -0.2) is 14.5 Å². The van der Waals surface area contributed by atoms with Crippen molar-refractivity contribution in [1.29, 1.82) is 0 Å². The zero-order valence-corrected chi connectivity index (χ0v) is 9.89. The number of aliphatic carboxylic acids is 1. The van der Waals surface area contributed by atoms with Crippen LogP contribution in [0.3, 0.4) is 0 Å². The molecular weight excluding hydrogens is 222 g/mol. The molecule has 2 rings (SSSR count). The van der Waals surface area contributed by atoms with E-state index in [9.17, 15) is 4.79 Å². The Bertz CT molecular complexity index is 589. The molecule has 0 bridgehead atoms. The first kappa shape index (κ1) is 11.4. The fourth-order valence-corrected chi connectivity index (χ4v) is 1.78. The van der Waals surface area contributed by atoms with Crippen molar-refractivity contribution in [2.24, 2.45) is 7.05 Å². The highest BCUT2D eigenvalue weighted by Crippen LogP contribution is 2.26. The maximum Gasteiger partial charge on any atom is 0.341 e. The molecule has 17 heavy (non-hydrogen) atoms. The molecule has 1 N–H and O–H groups in total. The number of carboxylic acids is 1. The molecule has 90 valence electrons. The van der Waals surface area contributed by atoms with Gasteiger partial charge in [0, 0.05) is 12.7 Å². The number of ether oxygens (including phenoxy) is 1. The van der Waals surface area contributed by atoms with Crippen molar-refractivity contribution in [3.63, 3.8) is 0 Å². The predicted octanol–water partition coefficient (Wildman–Crippen LogP) is 1.05. The topological polar surface area (TPSA) is 77.2 Å². The summed E-state index contributed by atoms with van der Waals surface area (Å²) in [5.41, 5.74) is 2.56. The second-order valence-corrected chi connectivity index (χ2v) is 3.89. The van der Waals surface area contributed by atoms with E-state index in [0.29, 0.717) is 11.5 Å². The summed E-state index contributed by atoms with van der Waals surface area (Å²) in [5.74, 6) is -0.712. The Morgan fingerprint density at radius 2 is 2.24 bits per heavy atom. The summed E-state index contributed by atoms with van der Waals surface area (Å²) in [4.78, 5) is 14.8. The SMILES string of the molecule is Cc1cc(C)c2c(OCC(=O)O)nn(C)c2n1. The molecular formula is C11H13N3O3. The van der Waals surface area contributed by atoms with Gasteiger partial charge in [0.2, 0.25) is 5.88 Å². The van der Waals surface area contributed by atoms with Gasteiger partial charge in [0.05, 0.1) is 5.39 Å². The van der Waals surface area contributed by atoms with Crippen LogP contribution in [0.2, 0.25) is 0 Å². The van der Waals surface area contributed by atoms with E-state index in [-0.39, 0.29) is 0 Å². The van der Waals surface area contributed by atoms with Crippen LogP contribution in [0, 0.1) is 13.8 Å². The molecule has 0 aliphatic carbocycles. The Labute approximate surface area is 97.8 Å². The van der Waals surface area contributed by atoms with Gasteiger partial charge in [-0.3, -0.25) is 0 Å². The maximum atomic E-state index is 10.5. The van der Waals surface area contributed by atoms with E-state index in [4.69, 9.17) is 9.84 Å².